The summed E-state index contributed by atoms with van der Waals surface area (Å²) in [5.74, 6) is -0.511. The van der Waals surface area contributed by atoms with E-state index in [1.807, 2.05) is 19.1 Å². The van der Waals surface area contributed by atoms with Gasteiger partial charge in [-0.05, 0) is 63.8 Å². The lowest BCUT2D eigenvalue weighted by atomic mass is 10.1. The van der Waals surface area contributed by atoms with Crippen molar-refractivity contribution >= 4 is 58.2 Å². The third-order valence-electron chi connectivity index (χ3n) is 4.36. The highest BCUT2D eigenvalue weighted by molar-refractivity contribution is 9.10. The van der Waals surface area contributed by atoms with E-state index < -0.39 is 6.89 Å². The summed E-state index contributed by atoms with van der Waals surface area (Å²) in [6.07, 6.45) is 4.96. The van der Waals surface area contributed by atoms with E-state index in [-0.39, 0.29) is 16.4 Å². The molecule has 0 aliphatic carbocycles. The van der Waals surface area contributed by atoms with Crippen molar-refractivity contribution < 1.29 is 9.59 Å². The summed E-state index contributed by atoms with van der Waals surface area (Å²) in [4.78, 5) is 26.2. The topological polar surface area (TPSA) is 37.4 Å². The number of alkyl halides is 1. The van der Waals surface area contributed by atoms with E-state index in [9.17, 15) is 9.59 Å². The highest BCUT2D eigenvalue weighted by Gasteiger charge is 2.35. The molecule has 1 aromatic rings. The Kier molecular flexibility index (Phi) is 5.54. The Morgan fingerprint density at radius 3 is 2.12 bits per heavy atom. The Labute approximate surface area is 157 Å². The van der Waals surface area contributed by atoms with Crippen LogP contribution in [0.5, 0.6) is 0 Å². The summed E-state index contributed by atoms with van der Waals surface area (Å²) in [5, 5.41) is 0.648. The molecule has 130 valence electrons. The number of benzene rings is 1. The second-order valence-corrected chi connectivity index (χ2v) is 13.2. The van der Waals surface area contributed by atoms with Crippen LogP contribution in [0.1, 0.15) is 25.0 Å². The summed E-state index contributed by atoms with van der Waals surface area (Å²) in [5.41, 5.74) is 3.33. The largest absolute Gasteiger partial charge is 0.269 e. The molecular formula is C18H22BrClNO2P. The number of carbonyl (C=O) groups is 2. The molecule has 0 spiro atoms. The maximum absolute atomic E-state index is 12.5. The van der Waals surface area contributed by atoms with Crippen molar-refractivity contribution in [2.45, 2.75) is 31.8 Å². The number of anilines is 1. The van der Waals surface area contributed by atoms with Gasteiger partial charge in [0.1, 0.15) is 0 Å². The normalized spacial score (nSPS) is 17.0. The number of hydrogen-bond donors (Lipinski definition) is 0. The molecule has 24 heavy (non-hydrogen) atoms. The van der Waals surface area contributed by atoms with E-state index in [1.54, 1.807) is 13.8 Å². The van der Waals surface area contributed by atoms with Gasteiger partial charge in [-0.15, -0.1) is 13.2 Å². The van der Waals surface area contributed by atoms with Crippen molar-refractivity contribution in [3.63, 3.8) is 0 Å². The number of rotatable bonds is 4. The van der Waals surface area contributed by atoms with E-state index in [0.717, 1.165) is 11.1 Å². The fraction of sp³-hybridized carbons (Fsp3) is 0.389. The van der Waals surface area contributed by atoms with Crippen molar-refractivity contribution in [1.29, 1.82) is 0 Å². The summed E-state index contributed by atoms with van der Waals surface area (Å²) < 4.78 is 0.227. The van der Waals surface area contributed by atoms with E-state index in [2.05, 4.69) is 35.6 Å². The van der Waals surface area contributed by atoms with Gasteiger partial charge in [-0.1, -0.05) is 27.5 Å². The van der Waals surface area contributed by atoms with Crippen LogP contribution in [-0.4, -0.2) is 36.0 Å². The van der Waals surface area contributed by atoms with Crippen molar-refractivity contribution in [2.24, 2.45) is 0 Å². The Bertz CT molecular complexity index is 785. The number of imide groups is 1. The van der Waals surface area contributed by atoms with Crippen molar-refractivity contribution in [2.75, 3.05) is 18.2 Å². The van der Waals surface area contributed by atoms with Crippen LogP contribution in [0.4, 0.5) is 5.69 Å². The van der Waals surface area contributed by atoms with E-state index >= 15 is 0 Å². The predicted octanol–water partition coefficient (Wildman–Crippen LogP) is 4.83. The molecular weight excluding hydrogens is 409 g/mol. The molecule has 0 bridgehead atoms. The van der Waals surface area contributed by atoms with E-state index in [4.69, 9.17) is 11.6 Å². The average molecular weight is 431 g/mol. The van der Waals surface area contributed by atoms with Gasteiger partial charge >= 0.3 is 0 Å². The third-order valence-corrected chi connectivity index (χ3v) is 10.1. The van der Waals surface area contributed by atoms with Crippen molar-refractivity contribution in [1.82, 2.24) is 0 Å². The molecule has 1 aromatic carbocycles. The lowest BCUT2D eigenvalue weighted by Crippen LogP contribution is -2.32. The first-order chi connectivity index (χ1) is 10.9. The number of halogens is 2. The Morgan fingerprint density at radius 1 is 1.17 bits per heavy atom. The first kappa shape index (κ1) is 19.5. The zero-order valence-corrected chi connectivity index (χ0v) is 17.8. The van der Waals surface area contributed by atoms with Crippen molar-refractivity contribution in [3.05, 3.63) is 39.4 Å². The fourth-order valence-electron chi connectivity index (χ4n) is 2.50. The highest BCUT2D eigenvalue weighted by Crippen LogP contribution is 2.47. The molecule has 6 heteroatoms. The van der Waals surface area contributed by atoms with Crippen LogP contribution in [0, 0.1) is 6.92 Å². The number of carbonyl (C=O) groups excluding carboxylic acids is 2. The van der Waals surface area contributed by atoms with Gasteiger partial charge in [0.15, 0.2) is 0 Å². The van der Waals surface area contributed by atoms with Gasteiger partial charge in [0.25, 0.3) is 11.8 Å². The van der Waals surface area contributed by atoms with Crippen LogP contribution < -0.4 is 4.90 Å². The zero-order valence-electron chi connectivity index (χ0n) is 14.6. The molecule has 0 aromatic heterocycles. The molecule has 0 N–H and O–H groups in total. The van der Waals surface area contributed by atoms with Crippen LogP contribution in [0.25, 0.3) is 0 Å². The van der Waals surface area contributed by atoms with Gasteiger partial charge in [0.05, 0.1) is 5.69 Å². The molecule has 1 unspecified atom stereocenters. The predicted molar refractivity (Wildman–Crippen MR) is 109 cm³/mol. The standard InChI is InChI=1S/C18H22BrClNO2P/c1-10-7-14(20)13(9-16(19)24(4,5)6)8-15(10)21-17(22)11(2)12(3)18(21)23/h7-8,16H,4,9H2,1-3,5-6H3. The van der Waals surface area contributed by atoms with Gasteiger partial charge in [-0.25, -0.2) is 4.90 Å². The van der Waals surface area contributed by atoms with Gasteiger partial charge in [-0.2, -0.15) is 0 Å². The lowest BCUT2D eigenvalue weighted by Gasteiger charge is -2.23. The van der Waals surface area contributed by atoms with Crippen LogP contribution in [0.3, 0.4) is 0 Å². The molecule has 1 atom stereocenters. The van der Waals surface area contributed by atoms with Gasteiger partial charge in [0.2, 0.25) is 0 Å². The van der Waals surface area contributed by atoms with E-state index in [0.29, 0.717) is 28.3 Å². The lowest BCUT2D eigenvalue weighted by molar-refractivity contribution is -0.120. The molecule has 0 radical (unpaired) electrons. The minimum absolute atomic E-state index is 0.227. The molecule has 0 saturated heterocycles. The first-order valence-electron chi connectivity index (χ1n) is 7.62. The Morgan fingerprint density at radius 2 is 1.67 bits per heavy atom. The maximum atomic E-state index is 12.5. The van der Waals surface area contributed by atoms with Crippen molar-refractivity contribution in [3.8, 4) is 0 Å². The molecule has 1 aliphatic heterocycles. The highest BCUT2D eigenvalue weighted by atomic mass is 79.9. The fourth-order valence-corrected chi connectivity index (χ4v) is 3.83. The minimum Gasteiger partial charge on any atom is -0.269 e. The number of hydrogen-bond acceptors (Lipinski definition) is 2. The molecule has 2 rings (SSSR count). The molecule has 2 amide bonds. The minimum atomic E-state index is -1.34. The average Bonchev–Trinajstić information content (AvgIpc) is 2.65. The molecule has 3 nitrogen and oxygen atoms in total. The van der Waals surface area contributed by atoms with Crippen LogP contribution in [0.2, 0.25) is 5.02 Å². The molecule has 0 fully saturated rings. The molecule has 1 aliphatic rings. The summed E-state index contributed by atoms with van der Waals surface area (Å²) in [6.45, 7) is 8.20. The number of amides is 2. The van der Waals surface area contributed by atoms with E-state index in [1.165, 1.54) is 4.90 Å². The van der Waals surface area contributed by atoms with Crippen LogP contribution in [0.15, 0.2) is 23.3 Å². The summed E-state index contributed by atoms with van der Waals surface area (Å²) >= 11 is 10.1. The molecule has 1 heterocycles. The second kappa shape index (κ2) is 6.82. The smallest absolute Gasteiger partial charge is 0.261 e. The number of nitrogens with zero attached hydrogens (tertiary/aromatic N) is 1. The van der Waals surface area contributed by atoms with Crippen LogP contribution >= 0.6 is 34.4 Å². The Hall–Kier alpha value is -0.830. The second-order valence-electron chi connectivity index (χ2n) is 6.84. The van der Waals surface area contributed by atoms with Gasteiger partial charge < -0.3 is 0 Å². The zero-order chi connectivity index (χ0) is 18.4. The first-order valence-corrected chi connectivity index (χ1v) is 11.9. The maximum Gasteiger partial charge on any atom is 0.261 e. The van der Waals surface area contributed by atoms with Gasteiger partial charge in [-0.3, -0.25) is 9.59 Å². The third kappa shape index (κ3) is 3.56. The Balaban J connectivity index is 2.47. The summed E-state index contributed by atoms with van der Waals surface area (Å²) in [6, 6.07) is 3.69. The summed E-state index contributed by atoms with van der Waals surface area (Å²) in [7, 11) is 0. The quantitative estimate of drug-likeness (QED) is 0.390. The SMILES string of the molecule is C=P(C)(C)C(Br)Cc1cc(N2C(=O)C(C)=C(C)C2=O)c(C)cc1Cl. The monoisotopic (exact) mass is 429 g/mol. The van der Waals surface area contributed by atoms with Crippen LogP contribution in [-0.2, 0) is 16.0 Å². The van der Waals surface area contributed by atoms with Gasteiger partial charge in [0, 0.05) is 20.7 Å². The molecule has 0 saturated carbocycles. The number of aryl methyl sites for hydroxylation is 1.